The first-order valence-corrected chi connectivity index (χ1v) is 5.47. The molecule has 0 bridgehead atoms. The number of carbonyl (C=O) groups excluding carboxylic acids is 1. The van der Waals surface area contributed by atoms with Crippen molar-refractivity contribution in [1.29, 1.82) is 0 Å². The lowest BCUT2D eigenvalue weighted by Gasteiger charge is -2.10. The van der Waals surface area contributed by atoms with Crippen molar-refractivity contribution >= 4 is 5.97 Å². The monoisotopic (exact) mass is 204 g/mol. The summed E-state index contributed by atoms with van der Waals surface area (Å²) in [5.74, 6) is 1.47. The van der Waals surface area contributed by atoms with Gasteiger partial charge in [-0.2, -0.15) is 0 Å². The SMILES string of the molecule is CC(C)C/C=C1\OC(=O)C2=CC=CC[C@@H]21. The molecule has 1 aliphatic heterocycles. The van der Waals surface area contributed by atoms with Crippen LogP contribution in [0.1, 0.15) is 26.7 Å². The van der Waals surface area contributed by atoms with E-state index in [-0.39, 0.29) is 11.9 Å². The molecule has 2 aliphatic rings. The Labute approximate surface area is 90.3 Å². The van der Waals surface area contributed by atoms with Gasteiger partial charge in [-0.25, -0.2) is 4.79 Å². The molecule has 0 aromatic heterocycles. The van der Waals surface area contributed by atoms with Crippen LogP contribution in [0.4, 0.5) is 0 Å². The highest BCUT2D eigenvalue weighted by Crippen LogP contribution is 2.36. The molecule has 1 heterocycles. The van der Waals surface area contributed by atoms with Crippen molar-refractivity contribution in [3.8, 4) is 0 Å². The number of rotatable bonds is 2. The highest BCUT2D eigenvalue weighted by Gasteiger charge is 2.35. The van der Waals surface area contributed by atoms with Crippen LogP contribution in [0.25, 0.3) is 0 Å². The maximum absolute atomic E-state index is 11.5. The van der Waals surface area contributed by atoms with E-state index in [1.807, 2.05) is 12.2 Å². The van der Waals surface area contributed by atoms with Crippen molar-refractivity contribution in [2.45, 2.75) is 26.7 Å². The number of esters is 1. The van der Waals surface area contributed by atoms with E-state index in [1.165, 1.54) is 0 Å². The predicted molar refractivity (Wildman–Crippen MR) is 59.0 cm³/mol. The molecule has 1 atom stereocenters. The maximum atomic E-state index is 11.5. The van der Waals surface area contributed by atoms with Crippen LogP contribution in [0.3, 0.4) is 0 Å². The van der Waals surface area contributed by atoms with Crippen molar-refractivity contribution in [3.05, 3.63) is 35.6 Å². The van der Waals surface area contributed by atoms with Gasteiger partial charge in [-0.3, -0.25) is 0 Å². The van der Waals surface area contributed by atoms with Crippen molar-refractivity contribution in [1.82, 2.24) is 0 Å². The molecule has 2 heteroatoms. The number of ether oxygens (including phenoxy) is 1. The normalized spacial score (nSPS) is 26.9. The Kier molecular flexibility index (Phi) is 2.76. The molecule has 1 fully saturated rings. The number of fused-ring (bicyclic) bond motifs is 1. The summed E-state index contributed by atoms with van der Waals surface area (Å²) in [5, 5.41) is 0. The van der Waals surface area contributed by atoms with E-state index in [0.29, 0.717) is 5.92 Å². The fourth-order valence-electron chi connectivity index (χ4n) is 1.88. The third-order valence-electron chi connectivity index (χ3n) is 2.74. The quantitative estimate of drug-likeness (QED) is 0.646. The number of cyclic esters (lactones) is 1. The van der Waals surface area contributed by atoms with Crippen LogP contribution in [-0.2, 0) is 9.53 Å². The first-order valence-electron chi connectivity index (χ1n) is 5.47. The summed E-state index contributed by atoms with van der Waals surface area (Å²) in [6, 6.07) is 0. The third-order valence-corrected chi connectivity index (χ3v) is 2.74. The summed E-state index contributed by atoms with van der Waals surface area (Å²) >= 11 is 0. The summed E-state index contributed by atoms with van der Waals surface area (Å²) in [6.45, 7) is 4.32. The molecule has 0 amide bonds. The van der Waals surface area contributed by atoms with E-state index in [9.17, 15) is 4.79 Å². The van der Waals surface area contributed by atoms with Crippen molar-refractivity contribution < 1.29 is 9.53 Å². The van der Waals surface area contributed by atoms with Gasteiger partial charge in [0, 0.05) is 5.57 Å². The first-order chi connectivity index (χ1) is 7.18. The molecule has 1 saturated heterocycles. The Morgan fingerprint density at radius 1 is 1.60 bits per heavy atom. The number of hydrogen-bond donors (Lipinski definition) is 0. The minimum Gasteiger partial charge on any atom is -0.427 e. The number of allylic oxidation sites excluding steroid dienone is 5. The zero-order valence-electron chi connectivity index (χ0n) is 9.19. The van der Waals surface area contributed by atoms with Crippen molar-refractivity contribution in [3.63, 3.8) is 0 Å². The second-order valence-electron chi connectivity index (χ2n) is 4.46. The second-order valence-corrected chi connectivity index (χ2v) is 4.46. The summed E-state index contributed by atoms with van der Waals surface area (Å²) in [4.78, 5) is 11.5. The van der Waals surface area contributed by atoms with Crippen LogP contribution in [-0.4, -0.2) is 5.97 Å². The van der Waals surface area contributed by atoms with Gasteiger partial charge in [0.1, 0.15) is 5.76 Å². The number of hydrogen-bond acceptors (Lipinski definition) is 2. The largest absolute Gasteiger partial charge is 0.427 e. The summed E-state index contributed by atoms with van der Waals surface area (Å²) in [7, 11) is 0. The minimum absolute atomic E-state index is 0.167. The fraction of sp³-hybridized carbons (Fsp3) is 0.462. The molecule has 0 spiro atoms. The Morgan fingerprint density at radius 3 is 3.13 bits per heavy atom. The Hall–Kier alpha value is -1.31. The molecule has 0 unspecified atom stereocenters. The molecule has 80 valence electrons. The Bertz CT molecular complexity index is 359. The van der Waals surface area contributed by atoms with E-state index in [4.69, 9.17) is 4.74 Å². The summed E-state index contributed by atoms with van der Waals surface area (Å²) in [5.41, 5.74) is 0.813. The van der Waals surface area contributed by atoms with Crippen molar-refractivity contribution in [2.75, 3.05) is 0 Å². The van der Waals surface area contributed by atoms with Crippen LogP contribution in [0.2, 0.25) is 0 Å². The van der Waals surface area contributed by atoms with Gasteiger partial charge >= 0.3 is 5.97 Å². The van der Waals surface area contributed by atoms with E-state index in [0.717, 1.165) is 24.2 Å². The molecule has 15 heavy (non-hydrogen) atoms. The molecular formula is C13H16O2. The second kappa shape index (κ2) is 4.05. The summed E-state index contributed by atoms with van der Waals surface area (Å²) < 4.78 is 5.27. The van der Waals surface area contributed by atoms with E-state index in [2.05, 4.69) is 26.0 Å². The van der Waals surface area contributed by atoms with Gasteiger partial charge in [-0.15, -0.1) is 0 Å². The lowest BCUT2D eigenvalue weighted by molar-refractivity contribution is -0.132. The van der Waals surface area contributed by atoms with E-state index in [1.54, 1.807) is 0 Å². The number of carbonyl (C=O) groups is 1. The van der Waals surface area contributed by atoms with E-state index >= 15 is 0 Å². The predicted octanol–water partition coefficient (Wildman–Crippen LogP) is 2.98. The van der Waals surface area contributed by atoms with Gasteiger partial charge in [-0.1, -0.05) is 32.1 Å². The summed E-state index contributed by atoms with van der Waals surface area (Å²) in [6.07, 6.45) is 9.80. The average molecular weight is 204 g/mol. The topological polar surface area (TPSA) is 26.3 Å². The molecule has 0 aromatic rings. The maximum Gasteiger partial charge on any atom is 0.339 e. The zero-order chi connectivity index (χ0) is 10.8. The van der Waals surface area contributed by atoms with Gasteiger partial charge in [0.15, 0.2) is 0 Å². The van der Waals surface area contributed by atoms with Crippen LogP contribution >= 0.6 is 0 Å². The molecule has 0 saturated carbocycles. The van der Waals surface area contributed by atoms with Gasteiger partial charge in [0.05, 0.1) is 5.92 Å². The Morgan fingerprint density at radius 2 is 2.40 bits per heavy atom. The molecule has 2 rings (SSSR count). The molecule has 0 aromatic carbocycles. The molecular weight excluding hydrogens is 188 g/mol. The van der Waals surface area contributed by atoms with Gasteiger partial charge < -0.3 is 4.74 Å². The molecule has 0 radical (unpaired) electrons. The smallest absolute Gasteiger partial charge is 0.339 e. The van der Waals surface area contributed by atoms with Crippen LogP contribution < -0.4 is 0 Å². The fourth-order valence-corrected chi connectivity index (χ4v) is 1.88. The molecule has 0 N–H and O–H groups in total. The highest BCUT2D eigenvalue weighted by molar-refractivity contribution is 5.94. The van der Waals surface area contributed by atoms with Crippen LogP contribution in [0.5, 0.6) is 0 Å². The highest BCUT2D eigenvalue weighted by atomic mass is 16.5. The average Bonchev–Trinajstić information content (AvgIpc) is 2.54. The third kappa shape index (κ3) is 2.04. The van der Waals surface area contributed by atoms with Crippen molar-refractivity contribution in [2.24, 2.45) is 11.8 Å². The molecule has 2 nitrogen and oxygen atoms in total. The lowest BCUT2D eigenvalue weighted by Crippen LogP contribution is -2.04. The molecule has 1 aliphatic carbocycles. The van der Waals surface area contributed by atoms with Crippen LogP contribution in [0.15, 0.2) is 35.6 Å². The van der Waals surface area contributed by atoms with Gasteiger partial charge in [0.25, 0.3) is 0 Å². The standard InChI is InChI=1S/C13H16O2/c1-9(2)7-8-12-10-5-3-4-6-11(10)13(14)15-12/h3-4,6,8-10H,5,7H2,1-2H3/b12-8-/t10-/m0/s1. The minimum atomic E-state index is -0.167. The first kappa shape index (κ1) is 10.2. The lowest BCUT2D eigenvalue weighted by atomic mass is 9.91. The van der Waals surface area contributed by atoms with Gasteiger partial charge in [0.2, 0.25) is 0 Å². The zero-order valence-corrected chi connectivity index (χ0v) is 9.19. The van der Waals surface area contributed by atoms with Crippen LogP contribution in [0, 0.1) is 11.8 Å². The van der Waals surface area contributed by atoms with E-state index < -0.39 is 0 Å². The Balaban J connectivity index is 2.17. The van der Waals surface area contributed by atoms with Gasteiger partial charge in [-0.05, 0) is 24.8 Å².